The summed E-state index contributed by atoms with van der Waals surface area (Å²) in [6.07, 6.45) is 0. The second-order valence-corrected chi connectivity index (χ2v) is 5.53. The van der Waals surface area contributed by atoms with Gasteiger partial charge in [0.25, 0.3) is 0 Å². The first kappa shape index (κ1) is 9.75. The van der Waals surface area contributed by atoms with E-state index in [1.807, 2.05) is 0 Å². The molecule has 0 rings (SSSR count). The molecule has 0 radical (unpaired) electrons. The molecule has 10 heavy (non-hydrogen) atoms. The fraction of sp³-hybridized carbons (Fsp3) is 1.00. The average molecular weight is 182 g/mol. The van der Waals surface area contributed by atoms with Crippen molar-refractivity contribution in [3.05, 3.63) is 0 Å². The predicted molar refractivity (Wildman–Crippen MR) is 35.4 cm³/mol. The van der Waals surface area contributed by atoms with E-state index in [4.69, 9.17) is 13.6 Å². The molecule has 0 amide bonds. The van der Waals surface area contributed by atoms with E-state index in [0.29, 0.717) is 0 Å². The summed E-state index contributed by atoms with van der Waals surface area (Å²) in [5, 5.41) is 0. The van der Waals surface area contributed by atoms with Gasteiger partial charge in [0, 0.05) is 20.8 Å². The molecule has 60 valence electrons. The molecule has 7 heteroatoms. The second-order valence-electron chi connectivity index (χ2n) is 1.64. The molecule has 1 N–H and O–H groups in total. The lowest BCUT2D eigenvalue weighted by atomic mass is 11.8. The van der Waals surface area contributed by atoms with Gasteiger partial charge in [0.2, 0.25) is 0 Å². The van der Waals surface area contributed by atoms with Gasteiger partial charge in [-0.3, -0.25) is 4.46 Å². The summed E-state index contributed by atoms with van der Waals surface area (Å²) in [5.41, 5.74) is 0. The van der Waals surface area contributed by atoms with Gasteiger partial charge in [0.15, 0.2) is 0 Å². The van der Waals surface area contributed by atoms with E-state index < -0.39 is 18.0 Å². The average Bonchev–Trinajstić information content (AvgIpc) is 1.87. The van der Waals surface area contributed by atoms with Crippen molar-refractivity contribution in [2.75, 3.05) is 14.2 Å². The van der Waals surface area contributed by atoms with E-state index in [1.54, 1.807) is 0 Å². The molecular formula is C3H10O5Si2. The maximum absolute atomic E-state index is 10.2. The van der Waals surface area contributed by atoms with Crippen LogP contribution in [0.3, 0.4) is 0 Å². The van der Waals surface area contributed by atoms with Crippen LogP contribution in [-0.2, 0) is 17.4 Å². The highest BCUT2D eigenvalue weighted by molar-refractivity contribution is 6.64. The van der Waals surface area contributed by atoms with Gasteiger partial charge in [-0.1, -0.05) is 0 Å². The van der Waals surface area contributed by atoms with Gasteiger partial charge in [0.05, 0.1) is 0 Å². The number of hydrogen-bond acceptors (Lipinski definition) is 4. The molecule has 0 unspecified atom stereocenters. The second kappa shape index (κ2) is 3.81. The largest absolute Gasteiger partial charge is 0.752 e. The highest BCUT2D eigenvalue weighted by atomic mass is 28.4. The number of hydrogen-bond donors (Lipinski definition) is 1. The molecule has 0 heterocycles. The van der Waals surface area contributed by atoms with E-state index in [1.165, 1.54) is 20.8 Å². The maximum Gasteiger partial charge on any atom is 0.752 e. The fourth-order valence-electron chi connectivity index (χ4n) is 0.325. The molecule has 0 spiro atoms. The molecule has 0 aromatic rings. The first-order valence-electron chi connectivity index (χ1n) is 2.56. The molecule has 0 aliphatic heterocycles. The minimum Gasteiger partial charge on any atom is -0.512 e. The summed E-state index contributed by atoms with van der Waals surface area (Å²) in [5.74, 6) is 0. The van der Waals surface area contributed by atoms with Gasteiger partial charge >= 0.3 is 18.0 Å². The molecule has 0 saturated heterocycles. The monoisotopic (exact) mass is 182 g/mol. The Kier molecular flexibility index (Phi) is 3.72. The van der Waals surface area contributed by atoms with Gasteiger partial charge in [0.1, 0.15) is 0 Å². The summed E-state index contributed by atoms with van der Waals surface area (Å²) in [6.45, 7) is 1.53. The number of rotatable bonds is 4. The molecule has 0 atom stereocenters. The van der Waals surface area contributed by atoms with Gasteiger partial charge in [-0.05, 0) is 0 Å². The van der Waals surface area contributed by atoms with E-state index in [0.717, 1.165) is 0 Å². The molecule has 0 saturated carbocycles. The first-order valence-corrected chi connectivity index (χ1v) is 6.05. The van der Waals surface area contributed by atoms with Crippen LogP contribution >= 0.6 is 0 Å². The van der Waals surface area contributed by atoms with Crippen LogP contribution in [0, 0.1) is 0 Å². The Bertz CT molecular complexity index is 122. The van der Waals surface area contributed by atoms with Crippen molar-refractivity contribution in [3.63, 3.8) is 0 Å². The smallest absolute Gasteiger partial charge is 0.512 e. The van der Waals surface area contributed by atoms with E-state index in [-0.39, 0.29) is 0 Å². The lowest BCUT2D eigenvalue weighted by Gasteiger charge is -2.19. The zero-order chi connectivity index (χ0) is 8.20. The zero-order valence-corrected chi connectivity index (χ0v) is 8.08. The molecule has 0 aromatic heterocycles. The van der Waals surface area contributed by atoms with Crippen molar-refractivity contribution in [1.82, 2.24) is 0 Å². The third kappa shape index (κ3) is 3.06. The van der Waals surface area contributed by atoms with Crippen LogP contribution in [0.5, 0.6) is 0 Å². The third-order valence-electron chi connectivity index (χ3n) is 1.01. The molecule has 0 aliphatic carbocycles. The van der Waals surface area contributed by atoms with Crippen LogP contribution in [-0.4, -0.2) is 37.0 Å². The lowest BCUT2D eigenvalue weighted by molar-refractivity contribution is 0.150. The van der Waals surface area contributed by atoms with Crippen molar-refractivity contribution >= 4 is 18.0 Å². The maximum atomic E-state index is 10.2. The highest BCUT2D eigenvalue weighted by Gasteiger charge is 2.37. The standard InChI is InChI=1S/C3H10O5Si2/c1-6-10(3,7-2)8-9(4)5/h4H,1-3H3. The van der Waals surface area contributed by atoms with Crippen LogP contribution < -0.4 is 0 Å². The highest BCUT2D eigenvalue weighted by Crippen LogP contribution is 2.04. The van der Waals surface area contributed by atoms with Crippen molar-refractivity contribution in [2.45, 2.75) is 6.55 Å². The Balaban J connectivity index is 3.92. The van der Waals surface area contributed by atoms with Crippen LogP contribution in [0.4, 0.5) is 0 Å². The van der Waals surface area contributed by atoms with E-state index >= 15 is 0 Å². The van der Waals surface area contributed by atoms with Crippen molar-refractivity contribution in [2.24, 2.45) is 0 Å². The van der Waals surface area contributed by atoms with Crippen molar-refractivity contribution < 1.29 is 22.2 Å². The molecule has 0 aromatic carbocycles. The van der Waals surface area contributed by atoms with Crippen LogP contribution in [0.25, 0.3) is 0 Å². The van der Waals surface area contributed by atoms with Crippen molar-refractivity contribution in [1.29, 1.82) is 0 Å². The Morgan fingerprint density at radius 3 is 1.90 bits per heavy atom. The summed E-state index contributed by atoms with van der Waals surface area (Å²) in [6, 6.07) is 0. The lowest BCUT2D eigenvalue weighted by Crippen LogP contribution is -2.42. The minimum atomic E-state index is -2.95. The zero-order valence-electron chi connectivity index (χ0n) is 6.08. The van der Waals surface area contributed by atoms with Gasteiger partial charge in [-0.2, -0.15) is 0 Å². The van der Waals surface area contributed by atoms with Gasteiger partial charge in [-0.15, -0.1) is 0 Å². The Morgan fingerprint density at radius 1 is 1.40 bits per heavy atom. The fourth-order valence-corrected chi connectivity index (χ4v) is 2.43. The molecular weight excluding hydrogens is 172 g/mol. The Hall–Kier alpha value is -0.246. The summed E-state index contributed by atoms with van der Waals surface area (Å²) in [7, 11) is -2.98. The quantitative estimate of drug-likeness (QED) is 0.581. The summed E-state index contributed by atoms with van der Waals surface area (Å²) >= 11 is 0. The van der Waals surface area contributed by atoms with Gasteiger partial charge < -0.3 is 17.8 Å². The van der Waals surface area contributed by atoms with Crippen LogP contribution in [0.15, 0.2) is 0 Å². The summed E-state index contributed by atoms with van der Waals surface area (Å²) in [4.78, 5) is 8.35. The molecule has 0 bridgehead atoms. The summed E-state index contributed by atoms with van der Waals surface area (Å²) < 4.78 is 24.2. The third-order valence-corrected chi connectivity index (χ3v) is 4.68. The SMILES string of the molecule is CO[Si](C)(OC)O[Si](=O)O. The van der Waals surface area contributed by atoms with E-state index in [9.17, 15) is 4.46 Å². The van der Waals surface area contributed by atoms with Crippen LogP contribution in [0.2, 0.25) is 6.55 Å². The van der Waals surface area contributed by atoms with Gasteiger partial charge in [-0.25, -0.2) is 0 Å². The molecule has 5 nitrogen and oxygen atoms in total. The first-order chi connectivity index (χ1) is 4.54. The molecule has 0 aliphatic rings. The van der Waals surface area contributed by atoms with Crippen molar-refractivity contribution in [3.8, 4) is 0 Å². The minimum absolute atomic E-state index is 1.38. The Morgan fingerprint density at radius 2 is 1.80 bits per heavy atom. The Labute approximate surface area is 61.8 Å². The van der Waals surface area contributed by atoms with Crippen LogP contribution in [0.1, 0.15) is 0 Å². The topological polar surface area (TPSA) is 65.0 Å². The van der Waals surface area contributed by atoms with E-state index in [2.05, 4.69) is 4.12 Å². The predicted octanol–water partition coefficient (Wildman–Crippen LogP) is -0.728. The normalized spacial score (nSPS) is 11.1. The molecule has 0 fully saturated rings.